The van der Waals surface area contributed by atoms with Crippen LogP contribution in [0.25, 0.3) is 11.1 Å². The lowest BCUT2D eigenvalue weighted by Gasteiger charge is -2.56. The maximum atomic E-state index is 12.9. The van der Waals surface area contributed by atoms with Crippen molar-refractivity contribution in [1.29, 1.82) is 0 Å². The summed E-state index contributed by atoms with van der Waals surface area (Å²) in [5, 5.41) is 21.4. The number of hydrogen-bond acceptors (Lipinski definition) is 5. The molecule has 3 unspecified atom stereocenters. The molecule has 254 valence electrons. The Bertz CT molecular complexity index is 1590. The van der Waals surface area contributed by atoms with Crippen LogP contribution < -0.4 is 10.2 Å². The summed E-state index contributed by atoms with van der Waals surface area (Å²) in [6.07, 6.45) is 2.45. The minimum Gasteiger partial charge on any atom is -0.481 e. The molecule has 1 spiro atoms. The molecule has 2 aliphatic carbocycles. The average Bonchev–Trinajstić information content (AvgIpc) is 3.53. The molecule has 3 fully saturated rings. The third kappa shape index (κ3) is 6.96. The predicted octanol–water partition coefficient (Wildman–Crippen LogP) is 7.99. The van der Waals surface area contributed by atoms with Gasteiger partial charge in [-0.2, -0.15) is 0 Å². The zero-order valence-electron chi connectivity index (χ0n) is 30.1. The Morgan fingerprint density at radius 3 is 2.06 bits per heavy atom. The number of rotatable bonds is 7. The van der Waals surface area contributed by atoms with Crippen LogP contribution in [0.4, 0.5) is 5.69 Å². The van der Waals surface area contributed by atoms with Gasteiger partial charge in [-0.1, -0.05) is 77.1 Å². The molecular weight excluding hydrogens is 586 g/mol. The van der Waals surface area contributed by atoms with Crippen LogP contribution in [-0.4, -0.2) is 45.8 Å². The number of carboxylic acid groups (broad SMARTS) is 1. The van der Waals surface area contributed by atoms with Crippen molar-refractivity contribution in [3.05, 3.63) is 82.7 Å². The van der Waals surface area contributed by atoms with Gasteiger partial charge in [0.2, 0.25) is 0 Å². The first-order chi connectivity index (χ1) is 22.0. The van der Waals surface area contributed by atoms with E-state index < -0.39 is 11.6 Å². The fourth-order valence-corrected chi connectivity index (χ4v) is 8.56. The summed E-state index contributed by atoms with van der Waals surface area (Å²) in [6.45, 7) is 22.8. The quantitative estimate of drug-likeness (QED) is 0.242. The summed E-state index contributed by atoms with van der Waals surface area (Å²) >= 11 is 0. The maximum Gasteiger partial charge on any atom is 0.307 e. The Hall–Kier alpha value is -3.71. The molecule has 1 aliphatic heterocycles. The van der Waals surface area contributed by atoms with Crippen molar-refractivity contribution >= 4 is 17.6 Å². The van der Waals surface area contributed by atoms with Gasteiger partial charge in [0.25, 0.3) is 5.91 Å². The highest BCUT2D eigenvalue weighted by molar-refractivity contribution is 5.95. The smallest absolute Gasteiger partial charge is 0.307 e. The van der Waals surface area contributed by atoms with Crippen molar-refractivity contribution in [3.8, 4) is 11.1 Å². The average molecular weight is 642 g/mol. The van der Waals surface area contributed by atoms with Crippen LogP contribution in [0.15, 0.2) is 54.6 Å². The number of carbonyl (C=O) groups is 2. The van der Waals surface area contributed by atoms with Gasteiger partial charge in [0.1, 0.15) is 0 Å². The SMILES string of the molecule is CC.CC(C)(C)O.Cc1nc(C)c(-c2ccc(C(=O)NCc3ccccc3)cc2)c(N2CC3C(C)(C)C34CCC4(C)C2)c1CC(=O)O. The summed E-state index contributed by atoms with van der Waals surface area (Å²) in [5.41, 5.74) is 7.48. The number of piperidine rings is 1. The van der Waals surface area contributed by atoms with Gasteiger partial charge in [0, 0.05) is 47.7 Å². The maximum absolute atomic E-state index is 12.9. The van der Waals surface area contributed by atoms with Gasteiger partial charge in [-0.05, 0) is 92.9 Å². The second-order valence-electron chi connectivity index (χ2n) is 15.2. The van der Waals surface area contributed by atoms with Crippen LogP contribution in [0.5, 0.6) is 0 Å². The van der Waals surface area contributed by atoms with E-state index in [0.717, 1.165) is 52.4 Å². The number of hydrogen-bond donors (Lipinski definition) is 3. The van der Waals surface area contributed by atoms with Gasteiger partial charge in [-0.3, -0.25) is 14.6 Å². The van der Waals surface area contributed by atoms with Crippen molar-refractivity contribution in [2.24, 2.45) is 22.2 Å². The number of aromatic nitrogens is 1. The lowest BCUT2D eigenvalue weighted by atomic mass is 9.53. The van der Waals surface area contributed by atoms with Crippen LogP contribution >= 0.6 is 0 Å². The van der Waals surface area contributed by atoms with Gasteiger partial charge in [0.05, 0.1) is 17.7 Å². The van der Waals surface area contributed by atoms with Crippen molar-refractivity contribution in [2.45, 2.75) is 101 Å². The van der Waals surface area contributed by atoms with E-state index in [1.807, 2.05) is 82.3 Å². The Balaban J connectivity index is 0.000000655. The summed E-state index contributed by atoms with van der Waals surface area (Å²) < 4.78 is 0. The number of nitrogens with zero attached hydrogens (tertiary/aromatic N) is 2. The number of carboxylic acids is 1. The first-order valence-corrected chi connectivity index (χ1v) is 17.1. The summed E-state index contributed by atoms with van der Waals surface area (Å²) in [6, 6.07) is 17.5. The number of nitrogens with one attached hydrogen (secondary N) is 1. The molecule has 2 aromatic carbocycles. The molecule has 7 nitrogen and oxygen atoms in total. The van der Waals surface area contributed by atoms with E-state index >= 15 is 0 Å². The summed E-state index contributed by atoms with van der Waals surface area (Å²) in [4.78, 5) is 32.2. The number of benzene rings is 2. The predicted molar refractivity (Wildman–Crippen MR) is 191 cm³/mol. The van der Waals surface area contributed by atoms with Gasteiger partial charge in [-0.15, -0.1) is 0 Å². The Kier molecular flexibility index (Phi) is 10.3. The van der Waals surface area contributed by atoms with Crippen molar-refractivity contribution in [2.75, 3.05) is 18.0 Å². The standard InChI is InChI=1S/C34H39N3O3.C4H10O.C2H6/c1-21-26(17-28(38)39)30(37-19-27-32(3,4)34(27)16-15-33(34,5)20-37)29(22(2)36-21)24-11-13-25(14-12-24)31(40)35-18-23-9-7-6-8-10-23;1-4(2,3)5;1-2/h6-14,27H,15-20H2,1-5H3,(H,35,40)(H,38,39);5H,1-3H3;1-2H3. The molecule has 1 amide bonds. The molecule has 3 aromatic rings. The van der Waals surface area contributed by atoms with Crippen molar-refractivity contribution in [3.63, 3.8) is 0 Å². The van der Waals surface area contributed by atoms with Crippen LogP contribution in [0, 0.1) is 36.0 Å². The van der Waals surface area contributed by atoms with E-state index in [2.05, 4.69) is 31.0 Å². The monoisotopic (exact) mass is 641 g/mol. The van der Waals surface area contributed by atoms with Crippen LogP contribution in [0.3, 0.4) is 0 Å². The molecule has 0 radical (unpaired) electrons. The fraction of sp³-hybridized carbons (Fsp3) is 0.525. The molecule has 7 heteroatoms. The number of aryl methyl sites for hydroxylation is 2. The third-order valence-electron chi connectivity index (χ3n) is 10.7. The van der Waals surface area contributed by atoms with Gasteiger partial charge in [0.15, 0.2) is 0 Å². The van der Waals surface area contributed by atoms with E-state index in [4.69, 9.17) is 10.1 Å². The molecule has 3 atom stereocenters. The highest BCUT2D eigenvalue weighted by Crippen LogP contribution is 2.86. The molecule has 3 N–H and O–H groups in total. The summed E-state index contributed by atoms with van der Waals surface area (Å²) in [7, 11) is 0. The van der Waals surface area contributed by atoms with Gasteiger partial charge in [-0.25, -0.2) is 0 Å². The molecule has 2 saturated carbocycles. The zero-order chi connectivity index (χ0) is 34.9. The fourth-order valence-electron chi connectivity index (χ4n) is 8.56. The Labute approximate surface area is 281 Å². The Morgan fingerprint density at radius 2 is 1.55 bits per heavy atom. The van der Waals surface area contributed by atoms with E-state index in [0.29, 0.717) is 28.9 Å². The first-order valence-electron chi connectivity index (χ1n) is 17.1. The molecule has 6 rings (SSSR count). The lowest BCUT2D eigenvalue weighted by molar-refractivity contribution is -0.136. The second kappa shape index (κ2) is 13.4. The van der Waals surface area contributed by atoms with Crippen LogP contribution in [0.1, 0.15) is 101 Å². The minimum atomic E-state index is -0.848. The number of carbonyl (C=O) groups excluding carboxylic acids is 1. The van der Waals surface area contributed by atoms with E-state index in [9.17, 15) is 14.7 Å². The lowest BCUT2D eigenvalue weighted by Crippen LogP contribution is -2.55. The number of pyridine rings is 1. The van der Waals surface area contributed by atoms with Gasteiger partial charge >= 0.3 is 5.97 Å². The third-order valence-corrected chi connectivity index (χ3v) is 10.7. The largest absolute Gasteiger partial charge is 0.481 e. The number of aliphatic carboxylic acids is 1. The molecule has 47 heavy (non-hydrogen) atoms. The van der Waals surface area contributed by atoms with Crippen molar-refractivity contribution < 1.29 is 19.8 Å². The number of aliphatic hydroxyl groups is 1. The molecular formula is C40H55N3O4. The van der Waals surface area contributed by atoms with Gasteiger partial charge < -0.3 is 20.4 Å². The zero-order valence-corrected chi connectivity index (χ0v) is 30.1. The van der Waals surface area contributed by atoms with E-state index in [-0.39, 0.29) is 17.7 Å². The first kappa shape index (κ1) is 36.1. The normalized spacial score (nSPS) is 23.4. The van der Waals surface area contributed by atoms with Crippen LogP contribution in [-0.2, 0) is 17.8 Å². The molecule has 2 heterocycles. The van der Waals surface area contributed by atoms with E-state index in [1.165, 1.54) is 12.8 Å². The van der Waals surface area contributed by atoms with Crippen LogP contribution in [0.2, 0.25) is 0 Å². The molecule has 0 bridgehead atoms. The molecule has 3 aliphatic rings. The molecule has 1 aromatic heterocycles. The minimum absolute atomic E-state index is 0.0617. The second-order valence-corrected chi connectivity index (χ2v) is 15.2. The number of anilines is 1. The highest BCUT2D eigenvalue weighted by Gasteiger charge is 2.82. The summed E-state index contributed by atoms with van der Waals surface area (Å²) in [5.74, 6) is -0.371. The topological polar surface area (TPSA) is 103 Å². The highest BCUT2D eigenvalue weighted by atomic mass is 16.4. The van der Waals surface area contributed by atoms with E-state index in [1.54, 1.807) is 20.8 Å². The number of amides is 1. The Morgan fingerprint density at radius 1 is 0.957 bits per heavy atom. The molecule has 1 saturated heterocycles. The van der Waals surface area contributed by atoms with Crippen molar-refractivity contribution in [1.82, 2.24) is 10.3 Å².